The van der Waals surface area contributed by atoms with Crippen molar-refractivity contribution in [3.63, 3.8) is 0 Å². The van der Waals surface area contributed by atoms with Gasteiger partial charge >= 0.3 is 0 Å². The van der Waals surface area contributed by atoms with Crippen molar-refractivity contribution in [1.82, 2.24) is 0 Å². The van der Waals surface area contributed by atoms with E-state index in [1.807, 2.05) is 17.9 Å². The zero-order valence-electron chi connectivity index (χ0n) is 8.78. The second-order valence-electron chi connectivity index (χ2n) is 3.23. The van der Waals surface area contributed by atoms with E-state index in [4.69, 9.17) is 16.7 Å². The Morgan fingerprint density at radius 1 is 1.33 bits per heavy atom. The van der Waals surface area contributed by atoms with Crippen LogP contribution in [0.2, 0.25) is 5.02 Å². The van der Waals surface area contributed by atoms with Gasteiger partial charge in [0, 0.05) is 29.4 Å². The molecule has 0 saturated carbocycles. The summed E-state index contributed by atoms with van der Waals surface area (Å²) in [5.41, 5.74) is 1.72. The van der Waals surface area contributed by atoms with Gasteiger partial charge < -0.3 is 15.1 Å². The Morgan fingerprint density at radius 2 is 2.07 bits per heavy atom. The maximum atomic E-state index is 9.21. The van der Waals surface area contributed by atoms with Gasteiger partial charge in [-0.25, -0.2) is 0 Å². The molecule has 0 amide bonds. The summed E-state index contributed by atoms with van der Waals surface area (Å²) in [6.07, 6.45) is 0. The standard InChI is InChI=1S/C11H16ClNO2/c1-2-13(5-6-14)11-4-3-10(12)7-9(11)8-15/h3-4,7,14-15H,2,5-6,8H2,1H3. The average Bonchev–Trinajstić information content (AvgIpc) is 2.26. The van der Waals surface area contributed by atoms with Crippen LogP contribution in [0.15, 0.2) is 18.2 Å². The van der Waals surface area contributed by atoms with Crippen molar-refractivity contribution in [2.24, 2.45) is 0 Å². The van der Waals surface area contributed by atoms with E-state index in [9.17, 15) is 5.11 Å². The third-order valence-electron chi connectivity index (χ3n) is 2.30. The average molecular weight is 230 g/mol. The lowest BCUT2D eigenvalue weighted by molar-refractivity contribution is 0.280. The van der Waals surface area contributed by atoms with Crippen molar-refractivity contribution in [1.29, 1.82) is 0 Å². The van der Waals surface area contributed by atoms with Gasteiger partial charge in [0.25, 0.3) is 0 Å². The highest BCUT2D eigenvalue weighted by atomic mass is 35.5. The molecule has 4 heteroatoms. The summed E-state index contributed by atoms with van der Waals surface area (Å²) >= 11 is 5.84. The molecular weight excluding hydrogens is 214 g/mol. The summed E-state index contributed by atoms with van der Waals surface area (Å²) < 4.78 is 0. The molecule has 0 fully saturated rings. The maximum absolute atomic E-state index is 9.21. The Hall–Kier alpha value is -0.770. The number of halogens is 1. The van der Waals surface area contributed by atoms with Crippen LogP contribution in [-0.2, 0) is 6.61 Å². The number of nitrogens with zero attached hydrogens (tertiary/aromatic N) is 1. The van der Waals surface area contributed by atoms with Crippen LogP contribution in [0.1, 0.15) is 12.5 Å². The summed E-state index contributed by atoms with van der Waals surface area (Å²) in [5.74, 6) is 0. The predicted octanol–water partition coefficient (Wildman–Crippen LogP) is 1.65. The van der Waals surface area contributed by atoms with Gasteiger partial charge in [-0.1, -0.05) is 11.6 Å². The Labute approximate surface area is 94.9 Å². The number of aliphatic hydroxyl groups excluding tert-OH is 2. The molecule has 2 N–H and O–H groups in total. The van der Waals surface area contributed by atoms with E-state index in [0.29, 0.717) is 11.6 Å². The van der Waals surface area contributed by atoms with Crippen LogP contribution in [0.5, 0.6) is 0 Å². The molecule has 0 aromatic heterocycles. The zero-order valence-corrected chi connectivity index (χ0v) is 9.54. The molecule has 1 rings (SSSR count). The van der Waals surface area contributed by atoms with Crippen LogP contribution < -0.4 is 4.90 Å². The van der Waals surface area contributed by atoms with Crippen LogP contribution in [0, 0.1) is 0 Å². The molecular formula is C11H16ClNO2. The molecule has 0 aliphatic heterocycles. The van der Waals surface area contributed by atoms with Gasteiger partial charge in [0.05, 0.1) is 13.2 Å². The van der Waals surface area contributed by atoms with Gasteiger partial charge in [-0.05, 0) is 25.1 Å². The van der Waals surface area contributed by atoms with Crippen molar-refractivity contribution in [2.45, 2.75) is 13.5 Å². The maximum Gasteiger partial charge on any atom is 0.0702 e. The number of hydrogen-bond donors (Lipinski definition) is 2. The summed E-state index contributed by atoms with van der Waals surface area (Å²) in [6, 6.07) is 5.40. The molecule has 15 heavy (non-hydrogen) atoms. The fourth-order valence-corrected chi connectivity index (χ4v) is 1.75. The van der Waals surface area contributed by atoms with E-state index in [1.165, 1.54) is 0 Å². The fourth-order valence-electron chi connectivity index (χ4n) is 1.56. The summed E-state index contributed by atoms with van der Waals surface area (Å²) in [5, 5.41) is 18.7. The number of rotatable bonds is 5. The normalized spacial score (nSPS) is 10.4. The lowest BCUT2D eigenvalue weighted by atomic mass is 10.1. The van der Waals surface area contributed by atoms with E-state index in [1.54, 1.807) is 12.1 Å². The van der Waals surface area contributed by atoms with Gasteiger partial charge in [0.1, 0.15) is 0 Å². The Morgan fingerprint density at radius 3 is 2.60 bits per heavy atom. The minimum Gasteiger partial charge on any atom is -0.395 e. The second kappa shape index (κ2) is 5.95. The molecule has 0 aliphatic rings. The molecule has 0 heterocycles. The Balaban J connectivity index is 2.99. The lowest BCUT2D eigenvalue weighted by Crippen LogP contribution is -2.27. The fraction of sp³-hybridized carbons (Fsp3) is 0.455. The first kappa shape index (κ1) is 12.3. The van der Waals surface area contributed by atoms with Crippen molar-refractivity contribution in [3.8, 4) is 0 Å². The number of anilines is 1. The minimum atomic E-state index is -0.0438. The highest BCUT2D eigenvalue weighted by Gasteiger charge is 2.08. The largest absolute Gasteiger partial charge is 0.395 e. The Kier molecular flexibility index (Phi) is 4.88. The predicted molar refractivity (Wildman–Crippen MR) is 62.3 cm³/mol. The van der Waals surface area contributed by atoms with E-state index in [0.717, 1.165) is 17.8 Å². The molecule has 0 unspecified atom stereocenters. The van der Waals surface area contributed by atoms with Crippen molar-refractivity contribution >= 4 is 17.3 Å². The first-order valence-corrected chi connectivity index (χ1v) is 5.35. The zero-order chi connectivity index (χ0) is 11.3. The summed E-state index contributed by atoms with van der Waals surface area (Å²) in [6.45, 7) is 3.41. The van der Waals surface area contributed by atoms with Gasteiger partial charge in [-0.2, -0.15) is 0 Å². The molecule has 84 valence electrons. The van der Waals surface area contributed by atoms with E-state index in [2.05, 4.69) is 0 Å². The van der Waals surface area contributed by atoms with Gasteiger partial charge in [-0.15, -0.1) is 0 Å². The van der Waals surface area contributed by atoms with Gasteiger partial charge in [-0.3, -0.25) is 0 Å². The number of aliphatic hydroxyl groups is 2. The molecule has 0 aliphatic carbocycles. The first-order valence-electron chi connectivity index (χ1n) is 4.98. The molecule has 3 nitrogen and oxygen atoms in total. The number of benzene rings is 1. The number of hydrogen-bond acceptors (Lipinski definition) is 3. The third-order valence-corrected chi connectivity index (χ3v) is 2.54. The third kappa shape index (κ3) is 3.09. The molecule has 1 aromatic rings. The number of likely N-dealkylation sites (N-methyl/N-ethyl adjacent to an activating group) is 1. The topological polar surface area (TPSA) is 43.7 Å². The Bertz CT molecular complexity index is 317. The molecule has 0 radical (unpaired) electrons. The van der Waals surface area contributed by atoms with Crippen molar-refractivity contribution in [2.75, 3.05) is 24.6 Å². The molecule has 0 spiro atoms. The van der Waals surface area contributed by atoms with E-state index >= 15 is 0 Å². The minimum absolute atomic E-state index is 0.0438. The van der Waals surface area contributed by atoms with Gasteiger partial charge in [0.15, 0.2) is 0 Å². The van der Waals surface area contributed by atoms with E-state index in [-0.39, 0.29) is 13.2 Å². The van der Waals surface area contributed by atoms with Crippen molar-refractivity contribution < 1.29 is 10.2 Å². The molecule has 0 atom stereocenters. The lowest BCUT2D eigenvalue weighted by Gasteiger charge is -2.24. The molecule has 0 saturated heterocycles. The van der Waals surface area contributed by atoms with Crippen LogP contribution in [0.3, 0.4) is 0 Å². The van der Waals surface area contributed by atoms with Gasteiger partial charge in [0.2, 0.25) is 0 Å². The molecule has 0 bridgehead atoms. The highest BCUT2D eigenvalue weighted by Crippen LogP contribution is 2.24. The van der Waals surface area contributed by atoms with E-state index < -0.39 is 0 Å². The second-order valence-corrected chi connectivity index (χ2v) is 3.67. The van der Waals surface area contributed by atoms with Crippen molar-refractivity contribution in [3.05, 3.63) is 28.8 Å². The summed E-state index contributed by atoms with van der Waals surface area (Å²) in [4.78, 5) is 2.00. The van der Waals surface area contributed by atoms with Crippen LogP contribution in [0.4, 0.5) is 5.69 Å². The smallest absolute Gasteiger partial charge is 0.0702 e. The van der Waals surface area contributed by atoms with Crippen LogP contribution >= 0.6 is 11.6 Å². The first-order chi connectivity index (χ1) is 7.22. The SMILES string of the molecule is CCN(CCO)c1ccc(Cl)cc1CO. The monoisotopic (exact) mass is 229 g/mol. The highest BCUT2D eigenvalue weighted by molar-refractivity contribution is 6.30. The van der Waals surface area contributed by atoms with Crippen LogP contribution in [0.25, 0.3) is 0 Å². The summed E-state index contributed by atoms with van der Waals surface area (Å²) in [7, 11) is 0. The molecule has 1 aromatic carbocycles. The van der Waals surface area contributed by atoms with Crippen LogP contribution in [-0.4, -0.2) is 29.9 Å². The quantitative estimate of drug-likeness (QED) is 0.807.